The molecule has 0 radical (unpaired) electrons. The highest BCUT2D eigenvalue weighted by Gasteiger charge is 2.05. The molecule has 0 spiro atoms. The van der Waals surface area contributed by atoms with E-state index in [9.17, 15) is 0 Å². The van der Waals surface area contributed by atoms with Gasteiger partial charge in [0.2, 0.25) is 0 Å². The lowest BCUT2D eigenvalue weighted by Gasteiger charge is -2.06. The van der Waals surface area contributed by atoms with Gasteiger partial charge in [-0.2, -0.15) is 4.98 Å². The molecule has 5 nitrogen and oxygen atoms in total. The average Bonchev–Trinajstić information content (AvgIpc) is 2.38. The van der Waals surface area contributed by atoms with Crippen molar-refractivity contribution in [3.8, 4) is 11.5 Å². The van der Waals surface area contributed by atoms with E-state index in [0.29, 0.717) is 27.9 Å². The van der Waals surface area contributed by atoms with Crippen LogP contribution in [0.4, 0.5) is 5.69 Å². The van der Waals surface area contributed by atoms with Gasteiger partial charge in [-0.25, -0.2) is 0 Å². The van der Waals surface area contributed by atoms with Crippen molar-refractivity contribution < 1.29 is 4.74 Å². The molecular formula is C12H9ClN4O. The van der Waals surface area contributed by atoms with E-state index < -0.39 is 0 Å². The van der Waals surface area contributed by atoms with Crippen molar-refractivity contribution in [2.75, 3.05) is 0 Å². The van der Waals surface area contributed by atoms with Crippen LogP contribution in [0.1, 0.15) is 5.56 Å². The van der Waals surface area contributed by atoms with Gasteiger partial charge in [0.1, 0.15) is 10.9 Å². The first-order valence-electron chi connectivity index (χ1n) is 5.05. The summed E-state index contributed by atoms with van der Waals surface area (Å²) in [6.45, 7) is 1.80. The van der Waals surface area contributed by atoms with E-state index in [2.05, 4.69) is 27.6 Å². The van der Waals surface area contributed by atoms with Crippen LogP contribution in [0, 0.1) is 19.2 Å². The van der Waals surface area contributed by atoms with Crippen LogP contribution in [0.25, 0.3) is 0 Å². The fraction of sp³-hybridized carbons (Fsp3) is 0.0833. The van der Waals surface area contributed by atoms with Crippen LogP contribution in [0.15, 0.2) is 34.6 Å². The third kappa shape index (κ3) is 2.67. The zero-order valence-electron chi connectivity index (χ0n) is 9.51. The second kappa shape index (κ2) is 5.34. The Labute approximate surface area is 109 Å². The van der Waals surface area contributed by atoms with Gasteiger partial charge in [0, 0.05) is 11.8 Å². The van der Waals surface area contributed by atoms with E-state index in [-0.39, 0.29) is 0 Å². The molecule has 0 fully saturated rings. The molecule has 0 bridgehead atoms. The molecule has 0 aliphatic heterocycles. The van der Waals surface area contributed by atoms with Gasteiger partial charge in [0.25, 0.3) is 0 Å². The predicted octanol–water partition coefficient (Wildman–Crippen LogP) is 3.39. The van der Waals surface area contributed by atoms with Gasteiger partial charge in [-0.15, -0.1) is 5.11 Å². The first-order chi connectivity index (χ1) is 8.70. The molecule has 1 aromatic heterocycles. The van der Waals surface area contributed by atoms with Crippen molar-refractivity contribution in [2.24, 2.45) is 16.2 Å². The minimum Gasteiger partial charge on any atom is -0.448 e. The molecular weight excluding hydrogens is 252 g/mol. The molecule has 0 saturated heterocycles. The number of nitrogens with zero attached hydrogens (tertiary/aromatic N) is 3. The second-order valence-corrected chi connectivity index (χ2v) is 3.76. The van der Waals surface area contributed by atoms with E-state index in [1.807, 2.05) is 0 Å². The van der Waals surface area contributed by atoms with Gasteiger partial charge in [0.15, 0.2) is 5.75 Å². The summed E-state index contributed by atoms with van der Waals surface area (Å²) in [7, 11) is 0. The summed E-state index contributed by atoms with van der Waals surface area (Å²) in [5.74, 6) is 6.07. The zero-order chi connectivity index (χ0) is 13.0. The number of hydrogen-bond acceptors (Lipinski definition) is 4. The quantitative estimate of drug-likeness (QED) is 0.522. The van der Waals surface area contributed by atoms with Gasteiger partial charge in [0.05, 0.1) is 5.69 Å². The van der Waals surface area contributed by atoms with Crippen LogP contribution in [0.5, 0.6) is 11.5 Å². The molecule has 0 aliphatic rings. The molecule has 2 N–H and O–H groups in total. The average molecular weight is 261 g/mol. The first kappa shape index (κ1) is 12.1. The molecule has 0 atom stereocenters. The maximum atomic E-state index is 5.86. The van der Waals surface area contributed by atoms with Crippen LogP contribution >= 0.6 is 11.6 Å². The lowest BCUT2D eigenvalue weighted by atomic mass is 10.3. The van der Waals surface area contributed by atoms with E-state index in [0.717, 1.165) is 0 Å². The summed E-state index contributed by atoms with van der Waals surface area (Å²) >= 11 is 5.86. The van der Waals surface area contributed by atoms with Gasteiger partial charge in [-0.3, -0.25) is 0 Å². The van der Waals surface area contributed by atoms with Crippen molar-refractivity contribution in [2.45, 2.75) is 6.92 Å². The number of ether oxygens (including phenoxy) is 1. The standard InChI is InChI=1S/C12H9ClN4O/c1-8-11(6-7-15-12(8)13)18-10-4-2-9(3-5-10)16-17-14/h2-5H,1H3,(H2,14,16). The van der Waals surface area contributed by atoms with Crippen molar-refractivity contribution in [3.63, 3.8) is 0 Å². The molecule has 2 rings (SSSR count). The van der Waals surface area contributed by atoms with Gasteiger partial charge < -0.3 is 10.6 Å². The largest absolute Gasteiger partial charge is 0.448 e. The maximum Gasteiger partial charge on any atom is 0.185 e. The Bertz CT molecular complexity index is 569. The number of benzene rings is 1. The molecule has 18 heavy (non-hydrogen) atoms. The minimum absolute atomic E-state index is 0.345. The maximum absolute atomic E-state index is 5.86. The molecule has 0 amide bonds. The zero-order valence-corrected chi connectivity index (χ0v) is 10.3. The highest BCUT2D eigenvalue weighted by Crippen LogP contribution is 2.27. The molecule has 2 aromatic rings. The summed E-state index contributed by atoms with van der Waals surface area (Å²) in [6.07, 6.45) is 2.54. The fourth-order valence-electron chi connectivity index (χ4n) is 1.27. The smallest absolute Gasteiger partial charge is 0.185 e. The topological polar surface area (TPSA) is 72.9 Å². The van der Waals surface area contributed by atoms with Crippen LogP contribution in [0.3, 0.4) is 0 Å². The van der Waals surface area contributed by atoms with Gasteiger partial charge in [-0.1, -0.05) is 16.8 Å². The fourth-order valence-corrected chi connectivity index (χ4v) is 1.39. The highest BCUT2D eigenvalue weighted by molar-refractivity contribution is 6.30. The van der Waals surface area contributed by atoms with Crippen molar-refractivity contribution >= 4 is 17.3 Å². The number of halogens is 1. The number of nitrogens with two attached hydrogens (primary N) is 1. The van der Waals surface area contributed by atoms with Crippen molar-refractivity contribution in [1.29, 1.82) is 0 Å². The SMILES string of the molecule is Cc1c(Oc2ccc(N=NN)cc2)c#cnc1Cl. The Morgan fingerprint density at radius 1 is 1.33 bits per heavy atom. The van der Waals surface area contributed by atoms with Crippen LogP contribution < -0.4 is 10.6 Å². The summed E-state index contributed by atoms with van der Waals surface area (Å²) in [4.78, 5) is 3.78. The molecule has 0 saturated carbocycles. The Hall–Kier alpha value is -2.32. The normalized spacial score (nSPS) is 10.3. The van der Waals surface area contributed by atoms with Crippen LogP contribution in [0.2, 0.25) is 5.15 Å². The van der Waals surface area contributed by atoms with E-state index in [1.54, 1.807) is 31.2 Å². The molecule has 1 aromatic carbocycles. The molecule has 6 heteroatoms. The Morgan fingerprint density at radius 3 is 2.72 bits per heavy atom. The minimum atomic E-state index is 0.345. The lowest BCUT2D eigenvalue weighted by molar-refractivity contribution is 0.478. The summed E-state index contributed by atoms with van der Waals surface area (Å²) < 4.78 is 5.61. The molecule has 1 heterocycles. The first-order valence-corrected chi connectivity index (χ1v) is 5.43. The van der Waals surface area contributed by atoms with E-state index in [1.165, 1.54) is 0 Å². The lowest BCUT2D eigenvalue weighted by Crippen LogP contribution is -1.88. The third-order valence-corrected chi connectivity index (χ3v) is 2.57. The Morgan fingerprint density at radius 2 is 2.06 bits per heavy atom. The van der Waals surface area contributed by atoms with E-state index in [4.69, 9.17) is 22.2 Å². The summed E-state index contributed by atoms with van der Waals surface area (Å²) in [6, 6.07) is 9.70. The van der Waals surface area contributed by atoms with Crippen molar-refractivity contribution in [3.05, 3.63) is 47.2 Å². The monoisotopic (exact) mass is 260 g/mol. The third-order valence-electron chi connectivity index (χ3n) is 2.20. The number of hydrogen-bond donors (Lipinski definition) is 1. The van der Waals surface area contributed by atoms with Gasteiger partial charge >= 0.3 is 0 Å². The second-order valence-electron chi connectivity index (χ2n) is 3.40. The van der Waals surface area contributed by atoms with Crippen molar-refractivity contribution in [1.82, 2.24) is 4.98 Å². The van der Waals surface area contributed by atoms with Crippen LogP contribution in [-0.4, -0.2) is 4.98 Å². The van der Waals surface area contributed by atoms with Crippen LogP contribution in [-0.2, 0) is 0 Å². The number of aromatic nitrogens is 1. The number of rotatable bonds is 3. The predicted molar refractivity (Wildman–Crippen MR) is 66.9 cm³/mol. The molecule has 0 aliphatic carbocycles. The molecule has 90 valence electrons. The Kier molecular flexibility index (Phi) is 3.60. The van der Waals surface area contributed by atoms with E-state index >= 15 is 0 Å². The van der Waals surface area contributed by atoms with Gasteiger partial charge in [-0.05, 0) is 37.3 Å². The summed E-state index contributed by atoms with van der Waals surface area (Å²) in [5.41, 5.74) is 1.35. The summed E-state index contributed by atoms with van der Waals surface area (Å²) in [5, 5.41) is 7.23. The Balaban J connectivity index is 2.21. The molecule has 0 unspecified atom stereocenters. The highest BCUT2D eigenvalue weighted by atomic mass is 35.5.